The van der Waals surface area contributed by atoms with E-state index in [1.54, 1.807) is 0 Å². The molecule has 0 N–H and O–H groups in total. The van der Waals surface area contributed by atoms with E-state index >= 15 is 0 Å². The van der Waals surface area contributed by atoms with E-state index in [9.17, 15) is 14.4 Å². The number of ether oxygens (including phenoxy) is 3. The van der Waals surface area contributed by atoms with Crippen LogP contribution in [0.3, 0.4) is 0 Å². The Bertz CT molecular complexity index is 1290. The van der Waals surface area contributed by atoms with Gasteiger partial charge in [-0.1, -0.05) is 175 Å². The standard InChI is InChI=1S/C55H88O6/c1-4-7-10-13-16-19-22-24-26-27-29-31-34-36-39-42-45-48-54(57)60-51-52(61-55(58)49-46-43-40-37-32-21-18-15-12-9-6-3)50-59-53(56)47-44-41-38-35-33-30-28-25-23-20-17-14-11-8-5-2/h7-8,10-11,15-20,24-26,28-29,31,33,35,52H,4-6,9,12-14,21-23,27,30,32,34,36-51H2,1-3H3/b10-7-,11-8-,18-15-,19-16-,20-17-,26-24-,28-25-,31-29-,35-33-/t52-/m0/s1. The first-order valence-electron chi connectivity index (χ1n) is 24.4. The molecule has 0 rings (SSSR count). The second-order valence-corrected chi connectivity index (χ2v) is 15.6. The van der Waals surface area contributed by atoms with Gasteiger partial charge in [0, 0.05) is 19.3 Å². The molecule has 0 aromatic heterocycles. The van der Waals surface area contributed by atoms with E-state index in [1.165, 1.54) is 25.7 Å². The fraction of sp³-hybridized carbons (Fsp3) is 0.618. The molecule has 0 amide bonds. The molecule has 1 atom stereocenters. The van der Waals surface area contributed by atoms with E-state index in [0.29, 0.717) is 25.7 Å². The van der Waals surface area contributed by atoms with Gasteiger partial charge >= 0.3 is 17.9 Å². The summed E-state index contributed by atoms with van der Waals surface area (Å²) in [4.78, 5) is 37.9. The average molecular weight is 845 g/mol. The second kappa shape index (κ2) is 48.7. The van der Waals surface area contributed by atoms with Gasteiger partial charge in [-0.15, -0.1) is 0 Å². The Balaban J connectivity index is 4.50. The largest absolute Gasteiger partial charge is 0.462 e. The lowest BCUT2D eigenvalue weighted by Gasteiger charge is -2.18. The predicted octanol–water partition coefficient (Wildman–Crippen LogP) is 16.0. The highest BCUT2D eigenvalue weighted by Crippen LogP contribution is 2.12. The molecule has 344 valence electrons. The zero-order valence-electron chi connectivity index (χ0n) is 39.1. The van der Waals surface area contributed by atoms with Crippen LogP contribution in [0.1, 0.15) is 201 Å². The van der Waals surface area contributed by atoms with Crippen molar-refractivity contribution in [3.8, 4) is 0 Å². The Kier molecular flexibility index (Phi) is 45.6. The quantitative estimate of drug-likeness (QED) is 0.0264. The third-order valence-corrected chi connectivity index (χ3v) is 9.74. The Morgan fingerprint density at radius 3 is 1.05 bits per heavy atom. The fourth-order valence-electron chi connectivity index (χ4n) is 6.11. The van der Waals surface area contributed by atoms with E-state index < -0.39 is 6.10 Å². The summed E-state index contributed by atoms with van der Waals surface area (Å²) < 4.78 is 16.7. The van der Waals surface area contributed by atoms with E-state index in [0.717, 1.165) is 128 Å². The van der Waals surface area contributed by atoms with Crippen molar-refractivity contribution < 1.29 is 28.6 Å². The van der Waals surface area contributed by atoms with E-state index in [4.69, 9.17) is 14.2 Å². The first kappa shape index (κ1) is 57.1. The van der Waals surface area contributed by atoms with Crippen LogP contribution in [-0.2, 0) is 28.6 Å². The number of esters is 3. The minimum absolute atomic E-state index is 0.110. The molecule has 0 saturated carbocycles. The SMILES string of the molecule is CC/C=C\C/C=C\C/C=C\C/C=C\CCCCCCC(=O)OC[C@H](COC(=O)CCCC/C=C\C/C=C\C/C=C\C/C=C\CC)OC(=O)CCCCCCC/C=C\CCCC. The number of carbonyl (C=O) groups excluding carboxylic acids is 3. The Morgan fingerprint density at radius 1 is 0.344 bits per heavy atom. The summed E-state index contributed by atoms with van der Waals surface area (Å²) in [6.07, 6.45) is 65.0. The Hall–Kier alpha value is -3.93. The van der Waals surface area contributed by atoms with Crippen LogP contribution in [0, 0.1) is 0 Å². The van der Waals surface area contributed by atoms with Gasteiger partial charge in [0.25, 0.3) is 0 Å². The molecule has 0 radical (unpaired) electrons. The van der Waals surface area contributed by atoms with Crippen LogP contribution in [0.4, 0.5) is 0 Å². The van der Waals surface area contributed by atoms with Crippen molar-refractivity contribution in [1.29, 1.82) is 0 Å². The number of hydrogen-bond acceptors (Lipinski definition) is 6. The van der Waals surface area contributed by atoms with Crippen LogP contribution in [0.5, 0.6) is 0 Å². The molecule has 0 heterocycles. The molecule has 61 heavy (non-hydrogen) atoms. The average Bonchev–Trinajstić information content (AvgIpc) is 3.26. The summed E-state index contributed by atoms with van der Waals surface area (Å²) in [5.74, 6) is -0.993. The predicted molar refractivity (Wildman–Crippen MR) is 260 cm³/mol. The maximum atomic E-state index is 12.7. The molecule has 0 aliphatic rings. The van der Waals surface area contributed by atoms with Crippen LogP contribution in [0.2, 0.25) is 0 Å². The van der Waals surface area contributed by atoms with Crippen LogP contribution in [-0.4, -0.2) is 37.2 Å². The third kappa shape index (κ3) is 47.0. The molecule has 6 nitrogen and oxygen atoms in total. The van der Waals surface area contributed by atoms with Gasteiger partial charge in [-0.3, -0.25) is 14.4 Å². The number of unbranched alkanes of at least 4 members (excludes halogenated alkanes) is 13. The molecule has 0 aliphatic carbocycles. The second-order valence-electron chi connectivity index (χ2n) is 15.6. The van der Waals surface area contributed by atoms with E-state index in [-0.39, 0.29) is 31.1 Å². The van der Waals surface area contributed by atoms with Gasteiger partial charge in [0.2, 0.25) is 0 Å². The molecule has 0 unspecified atom stereocenters. The summed E-state index contributed by atoms with van der Waals surface area (Å²) in [6, 6.07) is 0. The number of carbonyl (C=O) groups is 3. The Labute approximate surface area is 374 Å². The number of rotatable bonds is 42. The summed E-state index contributed by atoms with van der Waals surface area (Å²) in [5.41, 5.74) is 0. The van der Waals surface area contributed by atoms with Crippen molar-refractivity contribution in [2.45, 2.75) is 207 Å². The summed E-state index contributed by atoms with van der Waals surface area (Å²) >= 11 is 0. The molecule has 0 aromatic carbocycles. The van der Waals surface area contributed by atoms with Crippen LogP contribution >= 0.6 is 0 Å². The molecule has 0 bridgehead atoms. The maximum Gasteiger partial charge on any atom is 0.306 e. The zero-order valence-corrected chi connectivity index (χ0v) is 39.1. The number of hydrogen-bond donors (Lipinski definition) is 0. The molecule has 0 spiro atoms. The van der Waals surface area contributed by atoms with Gasteiger partial charge in [0.05, 0.1) is 0 Å². The minimum atomic E-state index is -0.810. The van der Waals surface area contributed by atoms with Crippen LogP contribution in [0.25, 0.3) is 0 Å². The number of allylic oxidation sites excluding steroid dienone is 18. The summed E-state index contributed by atoms with van der Waals surface area (Å²) in [5, 5.41) is 0. The maximum absolute atomic E-state index is 12.7. The molecule has 0 aromatic rings. The molecular weight excluding hydrogens is 757 g/mol. The molecule has 6 heteroatoms. The zero-order chi connectivity index (χ0) is 44.4. The smallest absolute Gasteiger partial charge is 0.306 e. The lowest BCUT2D eigenvalue weighted by molar-refractivity contribution is -0.167. The first-order chi connectivity index (χ1) is 30.0. The van der Waals surface area contributed by atoms with Gasteiger partial charge in [-0.2, -0.15) is 0 Å². The summed E-state index contributed by atoms with van der Waals surface area (Å²) in [6.45, 7) is 6.28. The highest BCUT2D eigenvalue weighted by atomic mass is 16.6. The molecule has 0 saturated heterocycles. The molecule has 0 aliphatic heterocycles. The minimum Gasteiger partial charge on any atom is -0.462 e. The Morgan fingerprint density at radius 2 is 0.639 bits per heavy atom. The summed E-state index contributed by atoms with van der Waals surface area (Å²) in [7, 11) is 0. The molecule has 0 fully saturated rings. The lowest BCUT2D eigenvalue weighted by atomic mass is 10.1. The highest BCUT2D eigenvalue weighted by molar-refractivity contribution is 5.71. The van der Waals surface area contributed by atoms with Crippen molar-refractivity contribution in [3.05, 3.63) is 109 Å². The fourth-order valence-corrected chi connectivity index (χ4v) is 6.11. The van der Waals surface area contributed by atoms with Gasteiger partial charge in [0.15, 0.2) is 6.10 Å². The van der Waals surface area contributed by atoms with Crippen molar-refractivity contribution in [3.63, 3.8) is 0 Å². The lowest BCUT2D eigenvalue weighted by Crippen LogP contribution is -2.30. The molecular formula is C55H88O6. The van der Waals surface area contributed by atoms with Crippen molar-refractivity contribution in [1.82, 2.24) is 0 Å². The van der Waals surface area contributed by atoms with Crippen LogP contribution in [0.15, 0.2) is 109 Å². The normalized spacial score (nSPS) is 13.0. The van der Waals surface area contributed by atoms with Gasteiger partial charge in [0.1, 0.15) is 13.2 Å². The van der Waals surface area contributed by atoms with Gasteiger partial charge in [-0.05, 0) is 116 Å². The van der Waals surface area contributed by atoms with E-state index in [2.05, 4.69) is 130 Å². The third-order valence-electron chi connectivity index (χ3n) is 9.74. The topological polar surface area (TPSA) is 78.9 Å². The van der Waals surface area contributed by atoms with Crippen LogP contribution < -0.4 is 0 Å². The highest BCUT2D eigenvalue weighted by Gasteiger charge is 2.19. The van der Waals surface area contributed by atoms with E-state index in [1.807, 2.05) is 0 Å². The van der Waals surface area contributed by atoms with Gasteiger partial charge in [-0.25, -0.2) is 0 Å². The van der Waals surface area contributed by atoms with Crippen molar-refractivity contribution >= 4 is 17.9 Å². The van der Waals surface area contributed by atoms with Gasteiger partial charge < -0.3 is 14.2 Å². The monoisotopic (exact) mass is 845 g/mol. The van der Waals surface area contributed by atoms with Crippen molar-refractivity contribution in [2.24, 2.45) is 0 Å². The first-order valence-corrected chi connectivity index (χ1v) is 24.4. The van der Waals surface area contributed by atoms with Crippen molar-refractivity contribution in [2.75, 3.05) is 13.2 Å².